The Morgan fingerprint density at radius 1 is 0.800 bits per heavy atom. The van der Waals surface area contributed by atoms with Gasteiger partial charge in [0.25, 0.3) is 11.8 Å². The van der Waals surface area contributed by atoms with Gasteiger partial charge in [-0.1, -0.05) is 30.3 Å². The minimum Gasteiger partial charge on any atom is -0.385 e. The molecule has 6 heterocycles. The van der Waals surface area contributed by atoms with E-state index in [1.165, 1.54) is 17.0 Å². The van der Waals surface area contributed by atoms with Crippen LogP contribution in [0, 0.1) is 0 Å². The lowest BCUT2D eigenvalue weighted by Crippen LogP contribution is -2.23. The number of rotatable bonds is 16. The molecule has 356 valence electrons. The number of anilines is 4. The second-order valence-corrected chi connectivity index (χ2v) is 17.1. The largest absolute Gasteiger partial charge is 0.416 e. The Hall–Kier alpha value is -8.26. The lowest BCUT2D eigenvalue weighted by molar-refractivity contribution is -0.138. The maximum absolute atomic E-state index is 14.1. The summed E-state index contributed by atoms with van der Waals surface area (Å²) in [5.41, 5.74) is 6.53. The number of hydrogen-bond donors (Lipinski definition) is 3. The van der Waals surface area contributed by atoms with Crippen molar-refractivity contribution in [2.45, 2.75) is 58.7 Å². The normalized spacial score (nSPS) is 13.5. The molecule has 0 atom stereocenters. The molecule has 3 aromatic carbocycles. The molecule has 0 bridgehead atoms. The maximum Gasteiger partial charge on any atom is 0.416 e. The number of fused-ring (bicyclic) bond motifs is 1. The molecule has 0 spiro atoms. The molecule has 3 N–H and O–H groups in total. The van der Waals surface area contributed by atoms with Crippen molar-refractivity contribution in [3.8, 4) is 45.2 Å². The highest BCUT2D eigenvalue weighted by molar-refractivity contribution is 6.11. The molecular weight excluding hydrogens is 902 g/mol. The number of carbonyl (C=O) groups is 2. The first-order valence-corrected chi connectivity index (χ1v) is 22.8. The number of ether oxygens (including phenoxy) is 1. The Bertz CT molecular complexity index is 3280. The van der Waals surface area contributed by atoms with Crippen molar-refractivity contribution in [2.75, 3.05) is 33.9 Å². The minimum atomic E-state index is -4.61. The molecule has 1 saturated carbocycles. The van der Waals surface area contributed by atoms with Gasteiger partial charge in [-0.2, -0.15) is 18.3 Å². The fourth-order valence-corrected chi connectivity index (χ4v) is 8.84. The molecule has 5 aromatic heterocycles. The van der Waals surface area contributed by atoms with Crippen LogP contribution in [0.4, 0.5) is 36.2 Å². The third kappa shape index (κ3) is 9.07. The van der Waals surface area contributed by atoms with Crippen molar-refractivity contribution in [1.82, 2.24) is 49.3 Å². The molecule has 10 rings (SSSR count). The number of pyridine rings is 2. The van der Waals surface area contributed by atoms with Crippen LogP contribution >= 0.6 is 0 Å². The van der Waals surface area contributed by atoms with Gasteiger partial charge in [-0.25, -0.2) is 9.97 Å². The zero-order valence-electron chi connectivity index (χ0n) is 38.6. The van der Waals surface area contributed by atoms with Gasteiger partial charge in [-0.3, -0.25) is 18.8 Å². The molecule has 20 heteroatoms. The Morgan fingerprint density at radius 3 is 2.31 bits per heavy atom. The second kappa shape index (κ2) is 18.7. The molecule has 70 heavy (non-hydrogen) atoms. The number of nitrogens with zero attached hydrogens (tertiary/aromatic N) is 11. The maximum atomic E-state index is 14.1. The molecular formula is C50H47F3N14O3. The van der Waals surface area contributed by atoms with Gasteiger partial charge in [0.15, 0.2) is 11.6 Å². The molecule has 0 radical (unpaired) electrons. The number of alkyl halides is 3. The Balaban J connectivity index is 0.888. The molecule has 1 aliphatic carbocycles. The van der Waals surface area contributed by atoms with Crippen LogP contribution in [-0.4, -0.2) is 74.2 Å². The summed E-state index contributed by atoms with van der Waals surface area (Å²) in [6.07, 6.45) is 2.25. The van der Waals surface area contributed by atoms with E-state index in [0.717, 1.165) is 52.5 Å². The van der Waals surface area contributed by atoms with E-state index in [1.807, 2.05) is 75.0 Å². The van der Waals surface area contributed by atoms with Gasteiger partial charge < -0.3 is 30.2 Å². The van der Waals surface area contributed by atoms with Crippen molar-refractivity contribution >= 4 is 34.8 Å². The van der Waals surface area contributed by atoms with Gasteiger partial charge in [0.1, 0.15) is 36.7 Å². The van der Waals surface area contributed by atoms with Crippen molar-refractivity contribution in [3.63, 3.8) is 0 Å². The standard InChI is InChI=1S/C50H47F3N14O3/c1-5-54-33-18-31(19-34(22-33)67-24-39-37(49(67)69)12-9-13-40(39)50(51,52)53)35-10-7-8-11-36(35)47-63-57-27-66(47)28-70-25-29-16-41(30-14-15-30)59-42(17-29)48(68)61-44-21-32(20-43(60-44)55-6-2)45-38(23-58-65(45)4)46-62-56-26-64(46)3/h7-13,16-23,26-27,30,54H,5-6,14-15,24-25,28H2,1-4H3,(H2,55,60,61,68). The molecule has 1 fully saturated rings. The van der Waals surface area contributed by atoms with Gasteiger partial charge in [-0.05, 0) is 104 Å². The van der Waals surface area contributed by atoms with Crippen LogP contribution in [0.15, 0.2) is 104 Å². The predicted octanol–water partition coefficient (Wildman–Crippen LogP) is 8.94. The monoisotopic (exact) mass is 948 g/mol. The second-order valence-electron chi connectivity index (χ2n) is 17.1. The van der Waals surface area contributed by atoms with Crippen LogP contribution in [0.1, 0.15) is 75.8 Å². The summed E-state index contributed by atoms with van der Waals surface area (Å²) in [6.45, 7) is 5.04. The van der Waals surface area contributed by atoms with E-state index < -0.39 is 23.6 Å². The van der Waals surface area contributed by atoms with Crippen LogP contribution in [0.25, 0.3) is 45.2 Å². The summed E-state index contributed by atoms with van der Waals surface area (Å²) in [7, 11) is 3.70. The molecule has 0 unspecified atom stereocenters. The molecule has 2 amide bonds. The summed E-state index contributed by atoms with van der Waals surface area (Å²) >= 11 is 0. The Morgan fingerprint density at radius 2 is 1.56 bits per heavy atom. The third-order valence-corrected chi connectivity index (χ3v) is 12.2. The minimum absolute atomic E-state index is 0.0298. The number of benzene rings is 3. The average Bonchev–Trinajstić information content (AvgIpc) is 3.56. The number of aromatic nitrogens is 10. The first-order chi connectivity index (χ1) is 33.9. The van der Waals surface area contributed by atoms with Crippen LogP contribution in [0.3, 0.4) is 0 Å². The number of aryl methyl sites for hydroxylation is 2. The average molecular weight is 949 g/mol. The Kier molecular flexibility index (Phi) is 12.1. The highest BCUT2D eigenvalue weighted by atomic mass is 19.4. The zero-order chi connectivity index (χ0) is 48.7. The molecule has 0 saturated heterocycles. The van der Waals surface area contributed by atoms with Gasteiger partial charge in [-0.15, -0.1) is 20.4 Å². The predicted molar refractivity (Wildman–Crippen MR) is 257 cm³/mol. The van der Waals surface area contributed by atoms with E-state index in [4.69, 9.17) is 14.7 Å². The van der Waals surface area contributed by atoms with Gasteiger partial charge >= 0.3 is 6.18 Å². The number of halogens is 3. The van der Waals surface area contributed by atoms with Gasteiger partial charge in [0, 0.05) is 66.9 Å². The van der Waals surface area contributed by atoms with E-state index in [-0.39, 0.29) is 42.6 Å². The first-order valence-electron chi connectivity index (χ1n) is 22.8. The van der Waals surface area contributed by atoms with Crippen LogP contribution in [0.5, 0.6) is 0 Å². The molecule has 2 aliphatic rings. The number of nitrogens with one attached hydrogen (secondary N) is 3. The molecule has 1 aliphatic heterocycles. The number of carbonyl (C=O) groups excluding carboxylic acids is 2. The Labute approximate surface area is 399 Å². The van der Waals surface area contributed by atoms with Crippen molar-refractivity contribution in [2.24, 2.45) is 14.1 Å². The topological polar surface area (TPSA) is 188 Å². The van der Waals surface area contributed by atoms with Crippen LogP contribution in [-0.2, 0) is 44.9 Å². The number of hydrogen-bond acceptors (Lipinski definition) is 12. The smallest absolute Gasteiger partial charge is 0.385 e. The third-order valence-electron chi connectivity index (χ3n) is 12.2. The van der Waals surface area contributed by atoms with E-state index in [2.05, 4.69) is 41.4 Å². The van der Waals surface area contributed by atoms with Gasteiger partial charge in [0.05, 0.1) is 36.2 Å². The van der Waals surface area contributed by atoms with E-state index in [1.54, 1.807) is 52.4 Å². The summed E-state index contributed by atoms with van der Waals surface area (Å²) in [6, 6.07) is 24.1. The van der Waals surface area contributed by atoms with Crippen LogP contribution in [0.2, 0.25) is 0 Å². The zero-order valence-corrected chi connectivity index (χ0v) is 38.6. The summed E-state index contributed by atoms with van der Waals surface area (Å²) in [4.78, 5) is 38.6. The highest BCUT2D eigenvalue weighted by Gasteiger charge is 2.40. The van der Waals surface area contributed by atoms with Crippen molar-refractivity contribution < 1.29 is 27.5 Å². The van der Waals surface area contributed by atoms with E-state index in [9.17, 15) is 22.8 Å². The van der Waals surface area contributed by atoms with Crippen molar-refractivity contribution in [3.05, 3.63) is 137 Å². The fourth-order valence-electron chi connectivity index (χ4n) is 8.84. The molecule has 17 nitrogen and oxygen atoms in total. The number of amides is 2. The highest BCUT2D eigenvalue weighted by Crippen LogP contribution is 2.42. The summed E-state index contributed by atoms with van der Waals surface area (Å²) in [5.74, 6) is 1.32. The lowest BCUT2D eigenvalue weighted by atomic mass is 9.97. The van der Waals surface area contributed by atoms with E-state index >= 15 is 0 Å². The fraction of sp³-hybridized carbons (Fsp3) is 0.260. The SMILES string of the molecule is CCNc1cc(-c2ccccc2-c2nncn2COCc2cc(C(=O)Nc3cc(-c4c(-c5nncn5C)cnn4C)cc(NCC)n3)nc(C3CC3)c2)cc(N2Cc3c(cccc3C(F)(F)F)C2=O)c1. The summed E-state index contributed by atoms with van der Waals surface area (Å²) < 4.78 is 53.7. The lowest BCUT2D eigenvalue weighted by Gasteiger charge is -2.20. The van der Waals surface area contributed by atoms with Crippen LogP contribution < -0.4 is 20.9 Å². The van der Waals surface area contributed by atoms with Gasteiger partial charge in [0.2, 0.25) is 0 Å². The quantitative estimate of drug-likeness (QED) is 0.0836. The summed E-state index contributed by atoms with van der Waals surface area (Å²) in [5, 5.41) is 31.1. The first kappa shape index (κ1) is 45.5. The van der Waals surface area contributed by atoms with E-state index in [0.29, 0.717) is 58.9 Å². The van der Waals surface area contributed by atoms with Crippen molar-refractivity contribution in [1.29, 1.82) is 0 Å². The molecule has 8 aromatic rings.